The van der Waals surface area contributed by atoms with Crippen molar-refractivity contribution in [3.63, 3.8) is 0 Å². The van der Waals surface area contributed by atoms with Crippen molar-refractivity contribution >= 4 is 48.1 Å². The van der Waals surface area contributed by atoms with E-state index in [1.54, 1.807) is 0 Å². The van der Waals surface area contributed by atoms with E-state index in [9.17, 15) is 4.79 Å². The maximum atomic E-state index is 14.3. The van der Waals surface area contributed by atoms with Crippen molar-refractivity contribution < 1.29 is 8.98 Å². The molecular formula is C29H28Br2O2S. The standard InChI is InChI=1S/C29H28Br2O2S/c30-23-6-10-26(11-7-23)34(25-4-2-1-3-5-25,27-12-8-24(31)9-13-27)33-28(32)29-17-20-14-21(18-29)16-22(15-20)19-29/h1-13,20-22H,14-19H2. The summed E-state index contributed by atoms with van der Waals surface area (Å²) in [6.45, 7) is 0. The molecule has 4 saturated carbocycles. The normalized spacial score (nSPS) is 28.0. The van der Waals surface area contributed by atoms with Crippen molar-refractivity contribution in [2.24, 2.45) is 23.2 Å². The van der Waals surface area contributed by atoms with Gasteiger partial charge in [0.15, 0.2) is 0 Å². The zero-order valence-electron chi connectivity index (χ0n) is 19.0. The Labute approximate surface area is 220 Å². The molecule has 4 bridgehead atoms. The molecule has 0 radical (unpaired) electrons. The molecule has 0 spiro atoms. The fourth-order valence-electron chi connectivity index (χ4n) is 6.98. The van der Waals surface area contributed by atoms with Crippen molar-refractivity contribution in [2.75, 3.05) is 0 Å². The van der Waals surface area contributed by atoms with E-state index in [2.05, 4.69) is 92.5 Å². The number of halogens is 2. The number of benzene rings is 3. The van der Waals surface area contributed by atoms with Crippen LogP contribution in [0.4, 0.5) is 0 Å². The van der Waals surface area contributed by atoms with Crippen LogP contribution in [0.3, 0.4) is 0 Å². The zero-order chi connectivity index (χ0) is 23.3. The second kappa shape index (κ2) is 8.83. The lowest BCUT2D eigenvalue weighted by atomic mass is 9.49. The summed E-state index contributed by atoms with van der Waals surface area (Å²) >= 11 is 7.18. The minimum absolute atomic E-state index is 0.0243. The van der Waals surface area contributed by atoms with Gasteiger partial charge in [-0.2, -0.15) is 0 Å². The number of hydrogen-bond acceptors (Lipinski definition) is 2. The molecule has 0 aliphatic heterocycles. The molecule has 4 aliphatic carbocycles. The summed E-state index contributed by atoms with van der Waals surface area (Å²) in [6.07, 6.45) is 6.93. The zero-order valence-corrected chi connectivity index (χ0v) is 22.9. The van der Waals surface area contributed by atoms with E-state index >= 15 is 0 Å². The molecule has 0 heterocycles. The molecular weight excluding hydrogens is 572 g/mol. The van der Waals surface area contributed by atoms with Crippen LogP contribution in [0.5, 0.6) is 0 Å². The van der Waals surface area contributed by atoms with Crippen LogP contribution in [0.1, 0.15) is 38.5 Å². The lowest BCUT2D eigenvalue weighted by Crippen LogP contribution is -2.50. The summed E-state index contributed by atoms with van der Waals surface area (Å²) in [4.78, 5) is 17.5. The minimum atomic E-state index is -2.25. The summed E-state index contributed by atoms with van der Waals surface area (Å²) in [6, 6.07) is 27.0. The van der Waals surface area contributed by atoms with Gasteiger partial charge in [-0.3, -0.25) is 4.79 Å². The second-order valence-electron chi connectivity index (χ2n) is 10.3. The van der Waals surface area contributed by atoms with Gasteiger partial charge in [0.05, 0.1) is 5.41 Å². The first-order valence-corrected chi connectivity index (χ1v) is 15.2. The Balaban J connectivity index is 1.51. The van der Waals surface area contributed by atoms with Gasteiger partial charge in [-0.15, -0.1) is 0 Å². The third-order valence-electron chi connectivity index (χ3n) is 8.04. The van der Waals surface area contributed by atoms with Crippen molar-refractivity contribution in [2.45, 2.75) is 53.2 Å². The number of hydrogen-bond donors (Lipinski definition) is 0. The maximum absolute atomic E-state index is 14.3. The summed E-state index contributed by atoms with van der Waals surface area (Å²) in [5, 5.41) is 0. The smallest absolute Gasteiger partial charge is 0.323 e. The maximum Gasteiger partial charge on any atom is 0.323 e. The highest BCUT2D eigenvalue weighted by atomic mass is 79.9. The molecule has 2 nitrogen and oxygen atoms in total. The van der Waals surface area contributed by atoms with Crippen LogP contribution < -0.4 is 0 Å². The fraction of sp³-hybridized carbons (Fsp3) is 0.345. The van der Waals surface area contributed by atoms with E-state index in [0.717, 1.165) is 42.9 Å². The lowest BCUT2D eigenvalue weighted by molar-refractivity contribution is -0.160. The van der Waals surface area contributed by atoms with E-state index in [1.165, 1.54) is 19.3 Å². The number of carbonyl (C=O) groups is 1. The molecule has 4 fully saturated rings. The summed E-state index contributed by atoms with van der Waals surface area (Å²) in [5.74, 6) is 2.11. The van der Waals surface area contributed by atoms with Crippen molar-refractivity contribution in [3.8, 4) is 0 Å². The first-order valence-electron chi connectivity index (χ1n) is 12.1. The van der Waals surface area contributed by atoms with Gasteiger partial charge in [-0.05, 0) is 127 Å². The monoisotopic (exact) mass is 598 g/mol. The van der Waals surface area contributed by atoms with Crippen LogP contribution in [0.15, 0.2) is 102 Å². The third-order valence-corrected chi connectivity index (χ3v) is 12.3. The van der Waals surface area contributed by atoms with Crippen molar-refractivity contribution in [1.29, 1.82) is 0 Å². The molecule has 0 aromatic heterocycles. The van der Waals surface area contributed by atoms with E-state index in [0.29, 0.717) is 17.8 Å². The predicted octanol–water partition coefficient (Wildman–Crippen LogP) is 9.17. The van der Waals surface area contributed by atoms with Gasteiger partial charge >= 0.3 is 5.97 Å². The molecule has 0 atom stereocenters. The molecule has 0 N–H and O–H groups in total. The molecule has 7 rings (SSSR count). The Morgan fingerprint density at radius 2 is 1.09 bits per heavy atom. The number of rotatable bonds is 5. The van der Waals surface area contributed by atoms with Gasteiger partial charge < -0.3 is 4.18 Å². The average Bonchev–Trinajstić information content (AvgIpc) is 2.83. The SMILES string of the molecule is O=C(OS(c1ccccc1)(c1ccc(Br)cc1)c1ccc(Br)cc1)C12CC3CC(CC(C3)C1)C2. The first kappa shape index (κ1) is 22.9. The topological polar surface area (TPSA) is 26.3 Å². The predicted molar refractivity (Wildman–Crippen MR) is 144 cm³/mol. The molecule has 34 heavy (non-hydrogen) atoms. The number of carbonyl (C=O) groups excluding carboxylic acids is 1. The first-order chi connectivity index (χ1) is 16.5. The molecule has 0 saturated heterocycles. The highest BCUT2D eigenvalue weighted by Crippen LogP contribution is 2.71. The second-order valence-corrected chi connectivity index (χ2v) is 14.9. The van der Waals surface area contributed by atoms with Gasteiger partial charge in [0.1, 0.15) is 0 Å². The summed E-state index contributed by atoms with van der Waals surface area (Å²) in [7, 11) is -2.25. The molecule has 0 unspecified atom stereocenters. The Kier molecular flexibility index (Phi) is 5.94. The van der Waals surface area contributed by atoms with Gasteiger partial charge in [0, 0.05) is 23.6 Å². The van der Waals surface area contributed by atoms with E-state index in [1.807, 2.05) is 18.2 Å². The van der Waals surface area contributed by atoms with E-state index in [-0.39, 0.29) is 11.4 Å². The van der Waals surface area contributed by atoms with Gasteiger partial charge in [0.2, 0.25) is 0 Å². The largest absolute Gasteiger partial charge is 0.402 e. The van der Waals surface area contributed by atoms with Crippen LogP contribution >= 0.6 is 42.2 Å². The Morgan fingerprint density at radius 3 is 1.53 bits per heavy atom. The van der Waals surface area contributed by atoms with Crippen LogP contribution in [0, 0.1) is 23.2 Å². The highest BCUT2D eigenvalue weighted by molar-refractivity contribution is 9.10. The molecule has 3 aromatic rings. The molecule has 3 aromatic carbocycles. The van der Waals surface area contributed by atoms with E-state index in [4.69, 9.17) is 4.18 Å². The Bertz CT molecular complexity index is 1110. The van der Waals surface area contributed by atoms with E-state index < -0.39 is 10.3 Å². The quantitative estimate of drug-likeness (QED) is 0.292. The van der Waals surface area contributed by atoms with Crippen molar-refractivity contribution in [3.05, 3.63) is 87.8 Å². The van der Waals surface area contributed by atoms with Crippen LogP contribution in [0.2, 0.25) is 0 Å². The van der Waals surface area contributed by atoms with Crippen LogP contribution in [-0.2, 0) is 8.98 Å². The summed E-state index contributed by atoms with van der Waals surface area (Å²) in [5.41, 5.74) is -0.313. The van der Waals surface area contributed by atoms with Crippen molar-refractivity contribution in [1.82, 2.24) is 0 Å². The summed E-state index contributed by atoms with van der Waals surface area (Å²) < 4.78 is 9.00. The van der Waals surface area contributed by atoms with Gasteiger partial charge in [-0.25, -0.2) is 0 Å². The Morgan fingerprint density at radius 1 is 0.676 bits per heavy atom. The molecule has 176 valence electrons. The average molecular weight is 600 g/mol. The molecule has 4 aliphatic rings. The Hall–Kier alpha value is -1.56. The molecule has 5 heteroatoms. The fourth-order valence-corrected chi connectivity index (χ4v) is 10.6. The molecule has 0 amide bonds. The minimum Gasteiger partial charge on any atom is -0.402 e. The van der Waals surface area contributed by atoms with Crippen LogP contribution in [0.25, 0.3) is 0 Å². The third kappa shape index (κ3) is 3.88. The lowest BCUT2D eigenvalue weighted by Gasteiger charge is -2.56. The van der Waals surface area contributed by atoms with Gasteiger partial charge in [-0.1, -0.05) is 50.1 Å². The van der Waals surface area contributed by atoms with Crippen LogP contribution in [-0.4, -0.2) is 5.97 Å². The highest BCUT2D eigenvalue weighted by Gasteiger charge is 2.57. The van der Waals surface area contributed by atoms with Gasteiger partial charge in [0.25, 0.3) is 0 Å².